The van der Waals surface area contributed by atoms with Crippen LogP contribution in [0.4, 0.5) is 0 Å². The topological polar surface area (TPSA) is 62.3 Å². The highest BCUT2D eigenvalue weighted by Gasteiger charge is 2.33. The number of nitrogens with one attached hydrogen (secondary N) is 1. The average molecular weight is 452 g/mol. The van der Waals surface area contributed by atoms with Gasteiger partial charge in [-0.05, 0) is 59.7 Å². The van der Waals surface area contributed by atoms with E-state index in [1.54, 1.807) is 4.90 Å². The second-order valence-electron chi connectivity index (χ2n) is 8.99. The minimum Gasteiger partial charge on any atom is -0.354 e. The Morgan fingerprint density at radius 3 is 2.71 bits per heavy atom. The first-order valence-electron chi connectivity index (χ1n) is 12.1. The molecule has 172 valence electrons. The minimum absolute atomic E-state index is 0.0242. The highest BCUT2D eigenvalue weighted by molar-refractivity contribution is 5.90. The van der Waals surface area contributed by atoms with Crippen molar-refractivity contribution in [3.8, 4) is 0 Å². The van der Waals surface area contributed by atoms with Crippen LogP contribution in [0.2, 0.25) is 0 Å². The van der Waals surface area contributed by atoms with Gasteiger partial charge in [-0.15, -0.1) is 0 Å². The van der Waals surface area contributed by atoms with Crippen LogP contribution in [-0.4, -0.2) is 40.8 Å². The van der Waals surface area contributed by atoms with Crippen LogP contribution < -0.4 is 5.32 Å². The molecule has 3 aromatic carbocycles. The van der Waals surface area contributed by atoms with Gasteiger partial charge in [-0.1, -0.05) is 60.7 Å². The predicted octanol–water partition coefficient (Wildman–Crippen LogP) is 4.67. The van der Waals surface area contributed by atoms with Gasteiger partial charge < -0.3 is 10.2 Å². The minimum atomic E-state index is -0.366. The summed E-state index contributed by atoms with van der Waals surface area (Å²) in [7, 11) is 0. The van der Waals surface area contributed by atoms with Crippen molar-refractivity contribution in [2.45, 2.75) is 38.1 Å². The molecule has 1 saturated heterocycles. The monoisotopic (exact) mass is 451 g/mol. The number of aryl methyl sites for hydroxylation is 1. The van der Waals surface area contributed by atoms with E-state index in [0.29, 0.717) is 19.5 Å². The Morgan fingerprint density at radius 1 is 0.971 bits per heavy atom. The van der Waals surface area contributed by atoms with Crippen molar-refractivity contribution >= 4 is 33.5 Å². The number of hydrogen-bond donors (Lipinski definition) is 1. The fourth-order valence-electron chi connectivity index (χ4n) is 4.94. The van der Waals surface area contributed by atoms with Gasteiger partial charge in [0.1, 0.15) is 6.04 Å². The van der Waals surface area contributed by atoms with Gasteiger partial charge in [-0.2, -0.15) is 0 Å². The number of amides is 2. The molecule has 1 aromatic heterocycles. The van der Waals surface area contributed by atoms with E-state index in [2.05, 4.69) is 40.6 Å². The molecule has 2 heterocycles. The van der Waals surface area contributed by atoms with Gasteiger partial charge in [0.2, 0.25) is 11.8 Å². The first-order valence-corrected chi connectivity index (χ1v) is 12.1. The quantitative estimate of drug-likeness (QED) is 0.415. The molecule has 2 amide bonds. The smallest absolute Gasteiger partial charge is 0.242 e. The molecule has 4 aromatic rings. The van der Waals surface area contributed by atoms with Crippen LogP contribution in [0.3, 0.4) is 0 Å². The molecular formula is C29H29N3O2. The molecule has 5 rings (SSSR count). The molecular weight excluding hydrogens is 422 g/mol. The molecule has 0 spiro atoms. The Morgan fingerprint density at radius 2 is 1.79 bits per heavy atom. The molecule has 1 fully saturated rings. The maximum absolute atomic E-state index is 13.0. The van der Waals surface area contributed by atoms with Crippen LogP contribution in [0.25, 0.3) is 21.7 Å². The van der Waals surface area contributed by atoms with Crippen LogP contribution in [0.15, 0.2) is 79.0 Å². The summed E-state index contributed by atoms with van der Waals surface area (Å²) in [5, 5.41) is 6.53. The molecule has 1 unspecified atom stereocenters. The maximum Gasteiger partial charge on any atom is 0.242 e. The van der Waals surface area contributed by atoms with Crippen LogP contribution in [-0.2, 0) is 22.4 Å². The number of rotatable bonds is 7. The highest BCUT2D eigenvalue weighted by Crippen LogP contribution is 2.21. The summed E-state index contributed by atoms with van der Waals surface area (Å²) in [6.07, 6.45) is 5.47. The van der Waals surface area contributed by atoms with Crippen LogP contribution in [0.5, 0.6) is 0 Å². The SMILES string of the molecule is O=C(NCCCc1ccnc2ccccc12)C1CCCN1C(=O)Cc1ccc2ccccc2c1. The molecule has 0 bridgehead atoms. The summed E-state index contributed by atoms with van der Waals surface area (Å²) in [6, 6.07) is 24.1. The van der Waals surface area contributed by atoms with Crippen LogP contribution in [0, 0.1) is 0 Å². The second-order valence-corrected chi connectivity index (χ2v) is 8.99. The van der Waals surface area contributed by atoms with E-state index in [4.69, 9.17) is 0 Å². The lowest BCUT2D eigenvalue weighted by molar-refractivity contribution is -0.137. The number of carbonyl (C=O) groups is 2. The van der Waals surface area contributed by atoms with E-state index in [0.717, 1.165) is 52.9 Å². The number of benzene rings is 3. The van der Waals surface area contributed by atoms with Crippen molar-refractivity contribution in [2.24, 2.45) is 0 Å². The fraction of sp³-hybridized carbons (Fsp3) is 0.276. The number of aromatic nitrogens is 1. The number of para-hydroxylation sites is 1. The summed E-state index contributed by atoms with van der Waals surface area (Å²) >= 11 is 0. The number of fused-ring (bicyclic) bond motifs is 2. The van der Waals surface area contributed by atoms with Crippen molar-refractivity contribution in [1.82, 2.24) is 15.2 Å². The number of carbonyl (C=O) groups excluding carboxylic acids is 2. The molecule has 0 aliphatic carbocycles. The largest absolute Gasteiger partial charge is 0.354 e. The lowest BCUT2D eigenvalue weighted by atomic mass is 10.0. The van der Waals surface area contributed by atoms with Gasteiger partial charge in [-0.25, -0.2) is 0 Å². The van der Waals surface area contributed by atoms with Crippen molar-refractivity contribution in [1.29, 1.82) is 0 Å². The lowest BCUT2D eigenvalue weighted by Crippen LogP contribution is -2.46. The van der Waals surface area contributed by atoms with Gasteiger partial charge in [0.25, 0.3) is 0 Å². The first kappa shape index (κ1) is 22.1. The number of likely N-dealkylation sites (tertiary alicyclic amines) is 1. The van der Waals surface area contributed by atoms with Crippen LogP contribution >= 0.6 is 0 Å². The number of hydrogen-bond acceptors (Lipinski definition) is 3. The van der Waals surface area contributed by atoms with Crippen molar-refractivity contribution in [3.63, 3.8) is 0 Å². The van der Waals surface area contributed by atoms with Gasteiger partial charge in [0, 0.05) is 24.7 Å². The molecule has 1 atom stereocenters. The third kappa shape index (κ3) is 4.79. The van der Waals surface area contributed by atoms with Gasteiger partial charge in [-0.3, -0.25) is 14.6 Å². The van der Waals surface area contributed by atoms with Gasteiger partial charge in [0.05, 0.1) is 11.9 Å². The highest BCUT2D eigenvalue weighted by atomic mass is 16.2. The van der Waals surface area contributed by atoms with E-state index < -0.39 is 0 Å². The molecule has 5 nitrogen and oxygen atoms in total. The second kappa shape index (κ2) is 10.0. The Balaban J connectivity index is 1.15. The van der Waals surface area contributed by atoms with E-state index in [1.165, 1.54) is 5.56 Å². The Labute approximate surface area is 199 Å². The molecule has 0 radical (unpaired) electrons. The van der Waals surface area contributed by atoms with Crippen molar-refractivity contribution < 1.29 is 9.59 Å². The number of pyridine rings is 1. The van der Waals surface area contributed by atoms with E-state index in [9.17, 15) is 9.59 Å². The summed E-state index contributed by atoms with van der Waals surface area (Å²) in [6.45, 7) is 1.24. The maximum atomic E-state index is 13.0. The molecule has 34 heavy (non-hydrogen) atoms. The third-order valence-corrected chi connectivity index (χ3v) is 6.71. The third-order valence-electron chi connectivity index (χ3n) is 6.71. The Bertz CT molecular complexity index is 1330. The van der Waals surface area contributed by atoms with E-state index >= 15 is 0 Å². The fourth-order valence-corrected chi connectivity index (χ4v) is 4.94. The zero-order valence-corrected chi connectivity index (χ0v) is 19.2. The first-order chi connectivity index (χ1) is 16.7. The Hall–Kier alpha value is -3.73. The zero-order valence-electron chi connectivity index (χ0n) is 19.2. The number of nitrogens with zero attached hydrogens (tertiary/aromatic N) is 2. The van der Waals surface area contributed by atoms with Crippen LogP contribution in [0.1, 0.15) is 30.4 Å². The summed E-state index contributed by atoms with van der Waals surface area (Å²) in [4.78, 5) is 32.1. The summed E-state index contributed by atoms with van der Waals surface area (Å²) in [5.41, 5.74) is 3.22. The summed E-state index contributed by atoms with van der Waals surface area (Å²) in [5.74, 6) is -0.0138. The normalized spacial score (nSPS) is 15.6. The van der Waals surface area contributed by atoms with E-state index in [-0.39, 0.29) is 17.9 Å². The summed E-state index contributed by atoms with van der Waals surface area (Å²) < 4.78 is 0. The van der Waals surface area contributed by atoms with Crippen molar-refractivity contribution in [2.75, 3.05) is 13.1 Å². The predicted molar refractivity (Wildman–Crippen MR) is 135 cm³/mol. The van der Waals surface area contributed by atoms with Gasteiger partial charge in [0.15, 0.2) is 0 Å². The average Bonchev–Trinajstić information content (AvgIpc) is 3.37. The van der Waals surface area contributed by atoms with E-state index in [1.807, 2.05) is 48.7 Å². The molecule has 1 aliphatic heterocycles. The zero-order chi connectivity index (χ0) is 23.3. The standard InChI is InChI=1S/C29H29N3O2/c33-28(20-21-13-14-22-7-1-2-8-24(22)19-21)32-18-6-12-27(32)29(34)31-16-5-9-23-15-17-30-26-11-4-3-10-25(23)26/h1-4,7-8,10-11,13-15,17,19,27H,5-6,9,12,16,18,20H2,(H,31,34). The molecule has 1 N–H and O–H groups in total. The molecule has 0 saturated carbocycles. The van der Waals surface area contributed by atoms with Crippen molar-refractivity contribution in [3.05, 3.63) is 90.1 Å². The van der Waals surface area contributed by atoms with Gasteiger partial charge >= 0.3 is 0 Å². The molecule has 1 aliphatic rings. The Kier molecular flexibility index (Phi) is 6.52. The molecule has 5 heteroatoms. The lowest BCUT2D eigenvalue weighted by Gasteiger charge is -2.24.